The third-order valence-electron chi connectivity index (χ3n) is 6.09. The molecular formula is C29H40N6O8. The van der Waals surface area contributed by atoms with Crippen molar-refractivity contribution in [2.75, 3.05) is 51.3 Å². The van der Waals surface area contributed by atoms with Gasteiger partial charge >= 0.3 is 12.1 Å². The zero-order valence-corrected chi connectivity index (χ0v) is 25.0. The predicted molar refractivity (Wildman–Crippen MR) is 156 cm³/mol. The number of nitrogens with one attached hydrogen (secondary N) is 2. The van der Waals surface area contributed by atoms with Crippen molar-refractivity contribution in [2.45, 2.75) is 52.2 Å². The van der Waals surface area contributed by atoms with Crippen molar-refractivity contribution in [3.63, 3.8) is 0 Å². The van der Waals surface area contributed by atoms with E-state index in [4.69, 9.17) is 14.3 Å². The standard InChI is InChI=1S/C29H40N6O8/c1-5-41-28(40)43-35-16-14-34(15-17-35)27(39)21(11-12-24(37)42-29(2,3)4)32-26(38)22-19-23(30-13-18-36)33-25(31-22)20-9-7-6-8-10-20/h6-10,19,21,36H,5,11-18H2,1-4H3,(H,32,38)(H,30,31,33)/t21-/m0/s1. The van der Waals surface area contributed by atoms with Crippen molar-refractivity contribution >= 4 is 29.8 Å². The quantitative estimate of drug-likeness (QED) is 0.303. The molecule has 2 heterocycles. The Hall–Kier alpha value is -4.30. The largest absolute Gasteiger partial charge is 0.527 e. The minimum absolute atomic E-state index is 0.00276. The minimum Gasteiger partial charge on any atom is -0.460 e. The van der Waals surface area contributed by atoms with E-state index >= 15 is 0 Å². The first-order valence-corrected chi connectivity index (χ1v) is 14.2. The smallest absolute Gasteiger partial charge is 0.460 e. The number of hydrogen-bond donors (Lipinski definition) is 3. The lowest BCUT2D eigenvalue weighted by Crippen LogP contribution is -2.55. The van der Waals surface area contributed by atoms with Gasteiger partial charge in [-0.3, -0.25) is 14.4 Å². The molecule has 2 amide bonds. The first-order valence-electron chi connectivity index (χ1n) is 14.2. The number of carbonyl (C=O) groups is 4. The molecule has 0 spiro atoms. The molecule has 0 aliphatic carbocycles. The van der Waals surface area contributed by atoms with Crippen LogP contribution >= 0.6 is 0 Å². The lowest BCUT2D eigenvalue weighted by Gasteiger charge is -2.35. The molecule has 1 saturated heterocycles. The summed E-state index contributed by atoms with van der Waals surface area (Å²) in [5, 5.41) is 16.4. The summed E-state index contributed by atoms with van der Waals surface area (Å²) in [6.07, 6.45) is -0.939. The van der Waals surface area contributed by atoms with E-state index in [1.54, 1.807) is 39.8 Å². The number of benzene rings is 1. The highest BCUT2D eigenvalue weighted by Gasteiger charge is 2.31. The SMILES string of the molecule is CCOC(=O)ON1CCN(C(=O)[C@H](CCC(=O)OC(C)(C)C)NC(=O)c2cc(NCCO)nc(-c3ccccc3)n2)CC1. The summed E-state index contributed by atoms with van der Waals surface area (Å²) < 4.78 is 10.2. The number of hydroxylamine groups is 2. The Labute approximate surface area is 250 Å². The fraction of sp³-hybridized carbons (Fsp3) is 0.517. The van der Waals surface area contributed by atoms with Crippen LogP contribution in [0.25, 0.3) is 11.4 Å². The van der Waals surface area contributed by atoms with Gasteiger partial charge in [-0.15, -0.1) is 5.06 Å². The van der Waals surface area contributed by atoms with E-state index in [1.807, 2.05) is 18.2 Å². The van der Waals surface area contributed by atoms with Gasteiger partial charge in [0, 0.05) is 37.7 Å². The van der Waals surface area contributed by atoms with Crippen molar-refractivity contribution < 1.29 is 38.6 Å². The highest BCUT2D eigenvalue weighted by molar-refractivity contribution is 5.97. The van der Waals surface area contributed by atoms with E-state index in [-0.39, 0.29) is 70.3 Å². The van der Waals surface area contributed by atoms with E-state index in [2.05, 4.69) is 20.6 Å². The Morgan fingerprint density at radius 1 is 1.05 bits per heavy atom. The maximum absolute atomic E-state index is 13.6. The number of hydrogen-bond acceptors (Lipinski definition) is 12. The fourth-order valence-electron chi connectivity index (χ4n) is 4.17. The zero-order chi connectivity index (χ0) is 31.4. The van der Waals surface area contributed by atoms with Crippen LogP contribution in [0.1, 0.15) is 51.0 Å². The third-order valence-corrected chi connectivity index (χ3v) is 6.09. The molecule has 1 atom stereocenters. The average molecular weight is 601 g/mol. The number of ether oxygens (including phenoxy) is 2. The van der Waals surface area contributed by atoms with Crippen LogP contribution in [0.2, 0.25) is 0 Å². The van der Waals surface area contributed by atoms with E-state index in [9.17, 15) is 24.3 Å². The zero-order valence-electron chi connectivity index (χ0n) is 25.0. The molecule has 43 heavy (non-hydrogen) atoms. The van der Waals surface area contributed by atoms with Crippen LogP contribution in [0.15, 0.2) is 36.4 Å². The topological polar surface area (TPSA) is 173 Å². The van der Waals surface area contributed by atoms with E-state index in [0.717, 1.165) is 0 Å². The summed E-state index contributed by atoms with van der Waals surface area (Å²) in [4.78, 5) is 66.8. The number of carbonyl (C=O) groups excluding carboxylic acids is 4. The summed E-state index contributed by atoms with van der Waals surface area (Å²) in [5.74, 6) is -0.941. The molecule has 3 N–H and O–H groups in total. The van der Waals surface area contributed by atoms with Gasteiger partial charge in [0.15, 0.2) is 5.82 Å². The summed E-state index contributed by atoms with van der Waals surface area (Å²) in [6.45, 7) is 8.05. The number of piperazine rings is 1. The fourth-order valence-corrected chi connectivity index (χ4v) is 4.17. The average Bonchev–Trinajstić information content (AvgIpc) is 2.97. The van der Waals surface area contributed by atoms with Crippen molar-refractivity contribution in [3.05, 3.63) is 42.1 Å². The highest BCUT2D eigenvalue weighted by Crippen LogP contribution is 2.19. The Bertz CT molecular complexity index is 1250. The minimum atomic E-state index is -1.07. The molecule has 234 valence electrons. The van der Waals surface area contributed by atoms with Crippen molar-refractivity contribution in [3.8, 4) is 11.4 Å². The van der Waals surface area contributed by atoms with Crippen LogP contribution in [-0.2, 0) is 23.9 Å². The molecule has 14 nitrogen and oxygen atoms in total. The molecule has 0 bridgehead atoms. The predicted octanol–water partition coefficient (Wildman–Crippen LogP) is 2.00. The first-order chi connectivity index (χ1) is 20.5. The number of amides is 2. The summed E-state index contributed by atoms with van der Waals surface area (Å²) in [7, 11) is 0. The Morgan fingerprint density at radius 3 is 2.37 bits per heavy atom. The van der Waals surface area contributed by atoms with Crippen LogP contribution in [0, 0.1) is 0 Å². The molecule has 0 radical (unpaired) electrons. The van der Waals surface area contributed by atoms with Crippen LogP contribution < -0.4 is 10.6 Å². The number of aromatic nitrogens is 2. The van der Waals surface area contributed by atoms with Gasteiger partial charge in [-0.1, -0.05) is 30.3 Å². The number of nitrogens with zero attached hydrogens (tertiary/aromatic N) is 4. The van der Waals surface area contributed by atoms with E-state index in [0.29, 0.717) is 11.4 Å². The lowest BCUT2D eigenvalue weighted by atomic mass is 10.1. The molecule has 1 aromatic heterocycles. The molecule has 1 aromatic carbocycles. The normalized spacial score (nSPS) is 14.4. The van der Waals surface area contributed by atoms with Gasteiger partial charge in [-0.2, -0.15) is 0 Å². The molecular weight excluding hydrogens is 560 g/mol. The second kappa shape index (κ2) is 15.8. The summed E-state index contributed by atoms with van der Waals surface area (Å²) in [5.41, 5.74) is -0.0383. The lowest BCUT2D eigenvalue weighted by molar-refractivity contribution is -0.158. The van der Waals surface area contributed by atoms with Gasteiger partial charge in [0.05, 0.1) is 26.3 Å². The van der Waals surface area contributed by atoms with Gasteiger partial charge in [0.25, 0.3) is 5.91 Å². The third kappa shape index (κ3) is 10.8. The number of anilines is 1. The van der Waals surface area contributed by atoms with Gasteiger partial charge in [-0.05, 0) is 34.1 Å². The van der Waals surface area contributed by atoms with Crippen LogP contribution in [-0.4, -0.2) is 107 Å². The first kappa shape index (κ1) is 33.2. The van der Waals surface area contributed by atoms with Gasteiger partial charge < -0.3 is 35.0 Å². The monoisotopic (exact) mass is 600 g/mol. The van der Waals surface area contributed by atoms with Crippen molar-refractivity contribution in [1.29, 1.82) is 0 Å². The van der Waals surface area contributed by atoms with E-state index in [1.165, 1.54) is 16.0 Å². The van der Waals surface area contributed by atoms with E-state index < -0.39 is 35.6 Å². The molecule has 1 aliphatic heterocycles. The number of aliphatic hydroxyl groups is 1. The van der Waals surface area contributed by atoms with Crippen LogP contribution in [0.4, 0.5) is 10.6 Å². The number of esters is 1. The second-order valence-corrected chi connectivity index (χ2v) is 10.7. The highest BCUT2D eigenvalue weighted by atomic mass is 16.8. The Morgan fingerprint density at radius 2 is 1.74 bits per heavy atom. The maximum atomic E-state index is 13.6. The molecule has 0 unspecified atom stereocenters. The molecule has 0 saturated carbocycles. The molecule has 14 heteroatoms. The number of aliphatic hydroxyl groups excluding tert-OH is 1. The number of rotatable bonds is 12. The summed E-state index contributed by atoms with van der Waals surface area (Å²) in [6, 6.07) is 9.43. The molecule has 2 aromatic rings. The molecule has 1 aliphatic rings. The Balaban J connectivity index is 1.79. The second-order valence-electron chi connectivity index (χ2n) is 10.7. The van der Waals surface area contributed by atoms with Crippen LogP contribution in [0.3, 0.4) is 0 Å². The van der Waals surface area contributed by atoms with Crippen molar-refractivity contribution in [2.24, 2.45) is 0 Å². The maximum Gasteiger partial charge on any atom is 0.527 e. The van der Waals surface area contributed by atoms with Gasteiger partial charge in [-0.25, -0.2) is 14.8 Å². The van der Waals surface area contributed by atoms with Crippen LogP contribution in [0.5, 0.6) is 0 Å². The van der Waals surface area contributed by atoms with Crippen molar-refractivity contribution in [1.82, 2.24) is 25.2 Å². The Kier molecular flexibility index (Phi) is 12.2. The van der Waals surface area contributed by atoms with Gasteiger partial charge in [0.1, 0.15) is 23.2 Å². The van der Waals surface area contributed by atoms with Gasteiger partial charge in [0.2, 0.25) is 5.91 Å². The molecule has 1 fully saturated rings. The summed E-state index contributed by atoms with van der Waals surface area (Å²) >= 11 is 0. The molecule has 3 rings (SSSR count).